The van der Waals surface area contributed by atoms with Crippen molar-refractivity contribution in [3.8, 4) is 5.75 Å². The third kappa shape index (κ3) is 6.74. The molecule has 0 heterocycles. The molecule has 0 aromatic heterocycles. The van der Waals surface area contributed by atoms with Gasteiger partial charge in [0.1, 0.15) is 5.75 Å². The molecule has 1 aromatic rings. The summed E-state index contributed by atoms with van der Waals surface area (Å²) < 4.78 is 16.9. The second-order valence-corrected chi connectivity index (χ2v) is 14.8. The van der Waals surface area contributed by atoms with E-state index in [1.54, 1.807) is 14.2 Å². The Morgan fingerprint density at radius 3 is 2.47 bits per heavy atom. The molecule has 1 fully saturated rings. The maximum Gasteiger partial charge on any atom is 0.191 e. The van der Waals surface area contributed by atoms with Crippen LogP contribution in [0.15, 0.2) is 42.2 Å². The van der Waals surface area contributed by atoms with Crippen molar-refractivity contribution in [3.05, 3.63) is 53.3 Å². The highest BCUT2D eigenvalue weighted by Crippen LogP contribution is 2.53. The standard InChI is InChI=1S/C26H42O3Si/c1-20(19-27-5)24-18-25(24)23-15-14-22(28-6)17-21(23)13-11-9-10-12-16-29-30(7,8)26(2,3)4/h9-10,14-15,17,19,24-25H,11-13,16,18H2,1-8H3/b10-9-,20-19+/t24-,25-/m0/s1. The molecule has 0 aliphatic heterocycles. The second-order valence-electron chi connectivity index (χ2n) is 10.0. The summed E-state index contributed by atoms with van der Waals surface area (Å²) in [4.78, 5) is 0. The summed E-state index contributed by atoms with van der Waals surface area (Å²) in [5, 5.41) is 0.275. The van der Waals surface area contributed by atoms with Crippen LogP contribution in [-0.4, -0.2) is 29.1 Å². The van der Waals surface area contributed by atoms with Gasteiger partial charge in [0.05, 0.1) is 20.5 Å². The molecule has 1 aliphatic carbocycles. The highest BCUT2D eigenvalue weighted by atomic mass is 28.4. The normalized spacial score (nSPS) is 19.9. The Balaban J connectivity index is 1.89. The molecule has 1 aliphatic rings. The van der Waals surface area contributed by atoms with Crippen LogP contribution >= 0.6 is 0 Å². The lowest BCUT2D eigenvalue weighted by atomic mass is 9.96. The van der Waals surface area contributed by atoms with E-state index in [2.05, 4.69) is 71.1 Å². The molecule has 0 radical (unpaired) electrons. The number of ether oxygens (including phenoxy) is 2. The van der Waals surface area contributed by atoms with E-state index in [1.807, 2.05) is 6.26 Å². The monoisotopic (exact) mass is 430 g/mol. The number of benzene rings is 1. The molecular formula is C26H42O3Si. The molecule has 0 amide bonds. The van der Waals surface area contributed by atoms with Gasteiger partial charge in [-0.3, -0.25) is 0 Å². The molecule has 2 atom stereocenters. The number of methoxy groups -OCH3 is 2. The third-order valence-corrected chi connectivity index (χ3v) is 11.3. The summed E-state index contributed by atoms with van der Waals surface area (Å²) in [6.07, 6.45) is 10.8. The van der Waals surface area contributed by atoms with Crippen molar-refractivity contribution in [2.24, 2.45) is 5.92 Å². The molecule has 0 N–H and O–H groups in total. The van der Waals surface area contributed by atoms with Crippen LogP contribution in [0.2, 0.25) is 18.1 Å². The molecule has 3 nitrogen and oxygen atoms in total. The van der Waals surface area contributed by atoms with Crippen molar-refractivity contribution in [1.82, 2.24) is 0 Å². The lowest BCUT2D eigenvalue weighted by Crippen LogP contribution is -2.40. The van der Waals surface area contributed by atoms with Crippen LogP contribution in [0.4, 0.5) is 0 Å². The molecule has 0 bridgehead atoms. The van der Waals surface area contributed by atoms with Gasteiger partial charge in [-0.25, -0.2) is 0 Å². The van der Waals surface area contributed by atoms with E-state index in [0.717, 1.165) is 31.6 Å². The van der Waals surface area contributed by atoms with Gasteiger partial charge in [0.2, 0.25) is 0 Å². The summed E-state index contributed by atoms with van der Waals surface area (Å²) in [5.74, 6) is 2.17. The van der Waals surface area contributed by atoms with Crippen LogP contribution in [-0.2, 0) is 15.6 Å². The van der Waals surface area contributed by atoms with Gasteiger partial charge in [-0.2, -0.15) is 0 Å². The van der Waals surface area contributed by atoms with Crippen LogP contribution in [0.5, 0.6) is 5.75 Å². The maximum atomic E-state index is 6.26. The Bertz CT molecular complexity index is 743. The van der Waals surface area contributed by atoms with E-state index in [-0.39, 0.29) is 5.04 Å². The molecule has 0 saturated heterocycles. The summed E-state index contributed by atoms with van der Waals surface area (Å²) in [6, 6.07) is 6.57. The fourth-order valence-corrected chi connectivity index (χ4v) is 4.74. The van der Waals surface area contributed by atoms with E-state index >= 15 is 0 Å². The zero-order valence-corrected chi connectivity index (χ0v) is 21.4. The molecule has 2 rings (SSSR count). The predicted molar refractivity (Wildman–Crippen MR) is 130 cm³/mol. The van der Waals surface area contributed by atoms with Gasteiger partial charge < -0.3 is 13.9 Å². The van der Waals surface area contributed by atoms with Crippen LogP contribution < -0.4 is 4.74 Å². The van der Waals surface area contributed by atoms with Crippen LogP contribution in [0.25, 0.3) is 0 Å². The average molecular weight is 431 g/mol. The first-order chi connectivity index (χ1) is 14.1. The van der Waals surface area contributed by atoms with Crippen molar-refractivity contribution >= 4 is 8.32 Å². The topological polar surface area (TPSA) is 27.7 Å². The molecule has 30 heavy (non-hydrogen) atoms. The summed E-state index contributed by atoms with van der Waals surface area (Å²) in [5.41, 5.74) is 4.22. The first kappa shape index (κ1) is 24.7. The van der Waals surface area contributed by atoms with Gasteiger partial charge in [0, 0.05) is 6.61 Å². The van der Waals surface area contributed by atoms with Crippen molar-refractivity contribution in [2.45, 2.75) is 77.4 Å². The first-order valence-electron chi connectivity index (χ1n) is 11.3. The van der Waals surface area contributed by atoms with Gasteiger partial charge in [-0.05, 0) is 91.4 Å². The lowest BCUT2D eigenvalue weighted by Gasteiger charge is -2.36. The van der Waals surface area contributed by atoms with E-state index in [1.165, 1.54) is 23.1 Å². The van der Waals surface area contributed by atoms with Crippen LogP contribution in [0, 0.1) is 5.92 Å². The van der Waals surface area contributed by atoms with Crippen molar-refractivity contribution in [3.63, 3.8) is 0 Å². The zero-order chi connectivity index (χ0) is 22.4. The number of allylic oxidation sites excluding steroid dienone is 2. The fraction of sp³-hybridized carbons (Fsp3) is 0.615. The molecule has 1 saturated carbocycles. The first-order valence-corrected chi connectivity index (χ1v) is 14.2. The van der Waals surface area contributed by atoms with E-state index in [0.29, 0.717) is 11.8 Å². The number of rotatable bonds is 11. The highest BCUT2D eigenvalue weighted by Gasteiger charge is 2.40. The number of aryl methyl sites for hydroxylation is 1. The van der Waals surface area contributed by atoms with E-state index in [9.17, 15) is 0 Å². The van der Waals surface area contributed by atoms with Gasteiger partial charge in [-0.1, -0.05) is 39.0 Å². The molecule has 168 valence electrons. The molecule has 4 heteroatoms. The quantitative estimate of drug-likeness (QED) is 0.160. The summed E-state index contributed by atoms with van der Waals surface area (Å²) in [7, 11) is 1.84. The average Bonchev–Trinajstić information content (AvgIpc) is 3.47. The molecule has 0 spiro atoms. The largest absolute Gasteiger partial charge is 0.504 e. The third-order valence-electron chi connectivity index (χ3n) is 6.73. The minimum atomic E-state index is -1.63. The second kappa shape index (κ2) is 10.7. The van der Waals surface area contributed by atoms with Gasteiger partial charge in [0.15, 0.2) is 8.32 Å². The predicted octanol–water partition coefficient (Wildman–Crippen LogP) is 7.25. The molecule has 0 unspecified atom stereocenters. The smallest absolute Gasteiger partial charge is 0.191 e. The van der Waals surface area contributed by atoms with Crippen molar-refractivity contribution in [1.29, 1.82) is 0 Å². The Kier molecular flexibility index (Phi) is 8.81. The minimum Gasteiger partial charge on any atom is -0.504 e. The molecular weight excluding hydrogens is 388 g/mol. The maximum absolute atomic E-state index is 6.26. The van der Waals surface area contributed by atoms with Crippen molar-refractivity contribution < 1.29 is 13.9 Å². The van der Waals surface area contributed by atoms with E-state index < -0.39 is 8.32 Å². The van der Waals surface area contributed by atoms with E-state index in [4.69, 9.17) is 13.9 Å². The van der Waals surface area contributed by atoms with Gasteiger partial charge in [-0.15, -0.1) is 0 Å². The Morgan fingerprint density at radius 1 is 1.13 bits per heavy atom. The fourth-order valence-electron chi connectivity index (χ4n) is 3.68. The summed E-state index contributed by atoms with van der Waals surface area (Å²) >= 11 is 0. The zero-order valence-electron chi connectivity index (χ0n) is 20.4. The SMILES string of the molecule is CO/C=C(\C)[C@@H]1C[C@H]1c1ccc(OC)cc1CC/C=C\CCO[Si](C)(C)C(C)(C)C. The highest BCUT2D eigenvalue weighted by molar-refractivity contribution is 6.74. The van der Waals surface area contributed by atoms with Gasteiger partial charge >= 0.3 is 0 Å². The Hall–Kier alpha value is -1.52. The lowest BCUT2D eigenvalue weighted by molar-refractivity contribution is 0.294. The number of hydrogen-bond acceptors (Lipinski definition) is 3. The summed E-state index contributed by atoms with van der Waals surface area (Å²) in [6.45, 7) is 14.5. The van der Waals surface area contributed by atoms with Gasteiger partial charge in [0.25, 0.3) is 0 Å². The minimum absolute atomic E-state index is 0.275. The molecule has 1 aromatic carbocycles. The van der Waals surface area contributed by atoms with Crippen LogP contribution in [0.1, 0.15) is 64.0 Å². The number of hydrogen-bond donors (Lipinski definition) is 0. The van der Waals surface area contributed by atoms with Crippen LogP contribution in [0.3, 0.4) is 0 Å². The van der Waals surface area contributed by atoms with Crippen molar-refractivity contribution in [2.75, 3.05) is 20.8 Å². The Labute approximate surface area is 185 Å². The Morgan fingerprint density at radius 2 is 1.83 bits per heavy atom.